The zero-order valence-electron chi connectivity index (χ0n) is 20.9. The summed E-state index contributed by atoms with van der Waals surface area (Å²) in [5.41, 5.74) is 1.29. The summed E-state index contributed by atoms with van der Waals surface area (Å²) in [6, 6.07) is 14.0. The SMILES string of the molecule is CC[C@]12CCC3(O1)C(C(=O)Nc1cc(C)ccc1C)N(CCO)C(=O)[C@@H]3[C@H]2C(=O)Nc1ccccc1. The predicted molar refractivity (Wildman–Crippen MR) is 135 cm³/mol. The average molecular weight is 492 g/mol. The lowest BCUT2D eigenvalue weighted by Gasteiger charge is -2.33. The zero-order valence-corrected chi connectivity index (χ0v) is 20.9. The smallest absolute Gasteiger partial charge is 0.250 e. The van der Waals surface area contributed by atoms with Crippen LogP contribution in [0, 0.1) is 25.7 Å². The van der Waals surface area contributed by atoms with Crippen LogP contribution in [0.3, 0.4) is 0 Å². The summed E-state index contributed by atoms with van der Waals surface area (Å²) >= 11 is 0. The summed E-state index contributed by atoms with van der Waals surface area (Å²) in [5, 5.41) is 15.7. The topological polar surface area (TPSA) is 108 Å². The van der Waals surface area contributed by atoms with Gasteiger partial charge in [0.2, 0.25) is 17.7 Å². The Morgan fingerprint density at radius 3 is 2.53 bits per heavy atom. The molecule has 3 amide bonds. The van der Waals surface area contributed by atoms with Gasteiger partial charge >= 0.3 is 0 Å². The van der Waals surface area contributed by atoms with Gasteiger partial charge < -0.3 is 25.4 Å². The van der Waals surface area contributed by atoms with Crippen molar-refractivity contribution in [3.05, 3.63) is 59.7 Å². The molecule has 3 N–H and O–H groups in total. The van der Waals surface area contributed by atoms with Crippen molar-refractivity contribution in [3.8, 4) is 0 Å². The van der Waals surface area contributed by atoms with Gasteiger partial charge in [-0.25, -0.2) is 0 Å². The molecule has 0 aromatic heterocycles. The first-order valence-corrected chi connectivity index (χ1v) is 12.6. The summed E-state index contributed by atoms with van der Waals surface area (Å²) in [6.07, 6.45) is 1.64. The van der Waals surface area contributed by atoms with Gasteiger partial charge in [0.15, 0.2) is 0 Å². The van der Waals surface area contributed by atoms with Crippen LogP contribution in [0.2, 0.25) is 0 Å². The van der Waals surface area contributed by atoms with Crippen LogP contribution in [0.4, 0.5) is 11.4 Å². The molecule has 2 bridgehead atoms. The second-order valence-electron chi connectivity index (χ2n) is 10.3. The van der Waals surface area contributed by atoms with E-state index in [1.807, 2.05) is 57.2 Å². The molecule has 3 aliphatic heterocycles. The lowest BCUT2D eigenvalue weighted by molar-refractivity contribution is -0.144. The van der Waals surface area contributed by atoms with Crippen LogP contribution in [0.25, 0.3) is 0 Å². The average Bonchev–Trinajstić information content (AvgIpc) is 3.46. The van der Waals surface area contributed by atoms with Gasteiger partial charge in [-0.1, -0.05) is 37.3 Å². The summed E-state index contributed by atoms with van der Waals surface area (Å²) < 4.78 is 6.70. The molecule has 0 saturated carbocycles. The van der Waals surface area contributed by atoms with E-state index in [0.29, 0.717) is 30.6 Å². The molecule has 0 radical (unpaired) electrons. The Balaban J connectivity index is 1.52. The number of amides is 3. The van der Waals surface area contributed by atoms with Crippen molar-refractivity contribution >= 4 is 29.1 Å². The minimum Gasteiger partial charge on any atom is -0.395 e. The Kier molecular flexibility index (Phi) is 6.12. The van der Waals surface area contributed by atoms with E-state index < -0.39 is 29.1 Å². The van der Waals surface area contributed by atoms with Gasteiger partial charge in [0, 0.05) is 17.9 Å². The van der Waals surface area contributed by atoms with Gasteiger partial charge in [-0.2, -0.15) is 0 Å². The number of hydrogen-bond donors (Lipinski definition) is 3. The lowest BCUT2D eigenvalue weighted by atomic mass is 9.65. The number of β-amino-alcohol motifs (C(OH)–C–C–N with tert-alkyl or cyclic N) is 1. The van der Waals surface area contributed by atoms with Crippen molar-refractivity contribution in [1.29, 1.82) is 0 Å². The van der Waals surface area contributed by atoms with E-state index in [0.717, 1.165) is 11.1 Å². The summed E-state index contributed by atoms with van der Waals surface area (Å²) in [6.45, 7) is 5.53. The van der Waals surface area contributed by atoms with Gasteiger partial charge in [-0.05, 0) is 62.4 Å². The minimum absolute atomic E-state index is 0.00250. The number of nitrogens with one attached hydrogen (secondary N) is 2. The van der Waals surface area contributed by atoms with Crippen molar-refractivity contribution < 1.29 is 24.2 Å². The molecule has 2 aromatic carbocycles. The molecule has 5 atom stereocenters. The Hall–Kier alpha value is -3.23. The Labute approximate surface area is 211 Å². The number of benzene rings is 2. The van der Waals surface area contributed by atoms with Gasteiger partial charge in [0.05, 0.1) is 24.0 Å². The van der Waals surface area contributed by atoms with Crippen LogP contribution in [-0.4, -0.2) is 58.1 Å². The van der Waals surface area contributed by atoms with E-state index in [1.54, 1.807) is 12.1 Å². The van der Waals surface area contributed by atoms with Gasteiger partial charge in [-0.3, -0.25) is 14.4 Å². The molecule has 3 aliphatic rings. The maximum atomic E-state index is 13.9. The number of likely N-dealkylation sites (tertiary alicyclic amines) is 1. The van der Waals surface area contributed by atoms with Crippen LogP contribution in [0.15, 0.2) is 48.5 Å². The number of aryl methyl sites for hydroxylation is 2. The molecule has 190 valence electrons. The number of nitrogens with zero attached hydrogens (tertiary/aromatic N) is 1. The number of hydrogen-bond acceptors (Lipinski definition) is 5. The third kappa shape index (κ3) is 3.62. The number of ether oxygens (including phenoxy) is 1. The van der Waals surface area contributed by atoms with E-state index in [9.17, 15) is 19.5 Å². The predicted octanol–water partition coefficient (Wildman–Crippen LogP) is 3.03. The highest BCUT2D eigenvalue weighted by atomic mass is 16.5. The van der Waals surface area contributed by atoms with Crippen LogP contribution in [-0.2, 0) is 19.1 Å². The molecular formula is C28H33N3O5. The molecule has 8 heteroatoms. The van der Waals surface area contributed by atoms with Gasteiger partial charge in [0.25, 0.3) is 0 Å². The molecule has 3 heterocycles. The first-order chi connectivity index (χ1) is 17.3. The van der Waals surface area contributed by atoms with Crippen LogP contribution in [0.5, 0.6) is 0 Å². The highest BCUT2D eigenvalue weighted by molar-refractivity contribution is 6.05. The number of fused-ring (bicyclic) bond motifs is 1. The Morgan fingerprint density at radius 2 is 1.83 bits per heavy atom. The monoisotopic (exact) mass is 491 g/mol. The minimum atomic E-state index is -1.12. The van der Waals surface area contributed by atoms with E-state index in [4.69, 9.17) is 4.74 Å². The summed E-state index contributed by atoms with van der Waals surface area (Å²) in [7, 11) is 0. The van der Waals surface area contributed by atoms with Crippen molar-refractivity contribution in [1.82, 2.24) is 4.90 Å². The number of anilines is 2. The fourth-order valence-corrected chi connectivity index (χ4v) is 6.58. The zero-order chi connectivity index (χ0) is 25.7. The van der Waals surface area contributed by atoms with Crippen molar-refractivity contribution in [3.63, 3.8) is 0 Å². The molecule has 0 aliphatic carbocycles. The van der Waals surface area contributed by atoms with E-state index in [2.05, 4.69) is 10.6 Å². The Bertz CT molecular complexity index is 1200. The summed E-state index contributed by atoms with van der Waals surface area (Å²) in [4.78, 5) is 42.7. The van der Waals surface area contributed by atoms with Gasteiger partial charge in [0.1, 0.15) is 11.6 Å². The Morgan fingerprint density at radius 1 is 1.08 bits per heavy atom. The molecule has 36 heavy (non-hydrogen) atoms. The second-order valence-corrected chi connectivity index (χ2v) is 10.3. The molecule has 2 unspecified atom stereocenters. The standard InChI is InChI=1S/C28H33N3O5/c1-4-27-12-13-28(36-27)22(21(27)24(33)29-19-8-6-5-7-9-19)26(35)31(14-15-32)23(28)25(34)30-20-16-17(2)10-11-18(20)3/h5-11,16,21-23,32H,4,12-15H2,1-3H3,(H,29,33)(H,30,34)/t21-,22-,23?,27+,28?/m0/s1. The van der Waals surface area contributed by atoms with Gasteiger partial charge in [-0.15, -0.1) is 0 Å². The molecule has 5 rings (SSSR count). The molecule has 1 spiro atoms. The van der Waals surface area contributed by atoms with Crippen molar-refractivity contribution in [2.45, 2.75) is 57.3 Å². The van der Waals surface area contributed by atoms with E-state index in [1.165, 1.54) is 4.90 Å². The number of aliphatic hydroxyl groups excluding tert-OH is 1. The van der Waals surface area contributed by atoms with E-state index in [-0.39, 0.29) is 30.9 Å². The molecule has 3 saturated heterocycles. The van der Waals surface area contributed by atoms with Crippen molar-refractivity contribution in [2.24, 2.45) is 11.8 Å². The fourth-order valence-electron chi connectivity index (χ4n) is 6.58. The third-order valence-electron chi connectivity index (χ3n) is 8.24. The number of aliphatic hydroxyl groups is 1. The maximum absolute atomic E-state index is 13.9. The summed E-state index contributed by atoms with van der Waals surface area (Å²) in [5.74, 6) is -2.47. The number of rotatable bonds is 7. The number of carbonyl (C=O) groups excluding carboxylic acids is 3. The second kappa shape index (κ2) is 9.01. The highest BCUT2D eigenvalue weighted by Crippen LogP contribution is 2.64. The quantitative estimate of drug-likeness (QED) is 0.552. The molecule has 2 aromatic rings. The normalized spacial score (nSPS) is 30.4. The van der Waals surface area contributed by atoms with Crippen LogP contribution < -0.4 is 10.6 Å². The largest absolute Gasteiger partial charge is 0.395 e. The van der Waals surface area contributed by atoms with Crippen LogP contribution >= 0.6 is 0 Å². The highest BCUT2D eigenvalue weighted by Gasteiger charge is 2.78. The molecule has 8 nitrogen and oxygen atoms in total. The lowest BCUT2D eigenvalue weighted by Crippen LogP contribution is -2.53. The van der Waals surface area contributed by atoms with E-state index >= 15 is 0 Å². The maximum Gasteiger partial charge on any atom is 0.250 e. The fraction of sp³-hybridized carbons (Fsp3) is 0.464. The number of carbonyl (C=O) groups is 3. The third-order valence-corrected chi connectivity index (χ3v) is 8.24. The first-order valence-electron chi connectivity index (χ1n) is 12.6. The number of para-hydroxylation sites is 1. The van der Waals surface area contributed by atoms with Crippen LogP contribution in [0.1, 0.15) is 37.3 Å². The molecular weight excluding hydrogens is 458 g/mol. The first kappa shape index (κ1) is 24.5. The van der Waals surface area contributed by atoms with Crippen molar-refractivity contribution in [2.75, 3.05) is 23.8 Å². The molecule has 3 fully saturated rings.